The maximum absolute atomic E-state index is 3.76. The van der Waals surface area contributed by atoms with Gasteiger partial charge in [0.2, 0.25) is 0 Å². The summed E-state index contributed by atoms with van der Waals surface area (Å²) in [5.74, 6) is 1.30. The Morgan fingerprint density at radius 3 is 2.35 bits per heavy atom. The molecule has 0 aromatic heterocycles. The summed E-state index contributed by atoms with van der Waals surface area (Å²) < 4.78 is 0. The van der Waals surface area contributed by atoms with Gasteiger partial charge in [0.1, 0.15) is 0 Å². The zero-order chi connectivity index (χ0) is 14.6. The highest BCUT2D eigenvalue weighted by molar-refractivity contribution is 7.99. The Morgan fingerprint density at radius 2 is 1.75 bits per heavy atom. The number of nitrogens with one attached hydrogen (secondary N) is 1. The predicted molar refractivity (Wildman–Crippen MR) is 93.5 cm³/mol. The van der Waals surface area contributed by atoms with E-state index in [9.17, 15) is 0 Å². The molecule has 1 rings (SSSR count). The molecule has 0 aliphatic rings. The summed E-state index contributed by atoms with van der Waals surface area (Å²) in [5, 5.41) is 4.44. The molecule has 2 atom stereocenters. The normalized spacial score (nSPS) is 14.2. The fraction of sp³-hybridized carbons (Fsp3) is 0.667. The van der Waals surface area contributed by atoms with Crippen molar-refractivity contribution >= 4 is 11.8 Å². The van der Waals surface area contributed by atoms with Crippen molar-refractivity contribution in [3.05, 3.63) is 35.9 Å². The lowest BCUT2D eigenvalue weighted by atomic mass is 10.0. The third kappa shape index (κ3) is 6.32. The molecular formula is C18H31NS. The molecule has 0 aliphatic heterocycles. The maximum atomic E-state index is 3.76. The molecule has 2 unspecified atom stereocenters. The highest BCUT2D eigenvalue weighted by Crippen LogP contribution is 2.30. The standard InChI is InChI=1S/C18H31NS/c1-4-7-11-15-20-17(6-3)18(19-14-5-2)16-12-9-8-10-13-16/h8-10,12-13,17-19H,4-7,11,14-15H2,1-3H3. The first-order valence-electron chi connectivity index (χ1n) is 8.23. The molecule has 0 fully saturated rings. The quantitative estimate of drug-likeness (QED) is 0.546. The Bertz CT molecular complexity index is 325. The Labute approximate surface area is 129 Å². The third-order valence-corrected chi connectivity index (χ3v) is 5.18. The minimum atomic E-state index is 0.493. The Morgan fingerprint density at radius 1 is 1.00 bits per heavy atom. The van der Waals surface area contributed by atoms with Crippen LogP contribution in [0.1, 0.15) is 64.5 Å². The van der Waals surface area contributed by atoms with Crippen molar-refractivity contribution in [1.29, 1.82) is 0 Å². The van der Waals surface area contributed by atoms with Gasteiger partial charge in [-0.1, -0.05) is 63.9 Å². The van der Waals surface area contributed by atoms with Crippen LogP contribution in [0.15, 0.2) is 30.3 Å². The number of benzene rings is 1. The molecule has 20 heavy (non-hydrogen) atoms. The fourth-order valence-electron chi connectivity index (χ4n) is 2.46. The van der Waals surface area contributed by atoms with Gasteiger partial charge in [0.15, 0.2) is 0 Å². The number of unbranched alkanes of at least 4 members (excludes halogenated alkanes) is 2. The second-order valence-corrected chi connectivity index (χ2v) is 6.71. The molecule has 0 saturated carbocycles. The highest BCUT2D eigenvalue weighted by Gasteiger charge is 2.21. The molecule has 1 aromatic carbocycles. The molecule has 0 amide bonds. The molecular weight excluding hydrogens is 262 g/mol. The summed E-state index contributed by atoms with van der Waals surface area (Å²) in [6, 6.07) is 11.4. The van der Waals surface area contributed by atoms with E-state index in [0.29, 0.717) is 11.3 Å². The Hall–Kier alpha value is -0.470. The average molecular weight is 294 g/mol. The van der Waals surface area contributed by atoms with E-state index in [1.807, 2.05) is 0 Å². The molecule has 1 aromatic rings. The van der Waals surface area contributed by atoms with Crippen LogP contribution in [0.2, 0.25) is 0 Å². The summed E-state index contributed by atoms with van der Waals surface area (Å²) in [4.78, 5) is 0. The molecule has 2 heteroatoms. The van der Waals surface area contributed by atoms with Crippen LogP contribution >= 0.6 is 11.8 Å². The second-order valence-electron chi connectivity index (χ2n) is 5.37. The lowest BCUT2D eigenvalue weighted by Crippen LogP contribution is -2.30. The minimum Gasteiger partial charge on any atom is -0.309 e. The van der Waals surface area contributed by atoms with Crippen LogP contribution in [0.25, 0.3) is 0 Å². The van der Waals surface area contributed by atoms with Gasteiger partial charge in [-0.2, -0.15) is 11.8 Å². The van der Waals surface area contributed by atoms with Crippen LogP contribution < -0.4 is 5.32 Å². The molecule has 0 aliphatic carbocycles. The average Bonchev–Trinajstić information content (AvgIpc) is 2.50. The monoisotopic (exact) mass is 293 g/mol. The van der Waals surface area contributed by atoms with Gasteiger partial charge in [-0.3, -0.25) is 0 Å². The first-order valence-corrected chi connectivity index (χ1v) is 9.28. The molecule has 0 spiro atoms. The van der Waals surface area contributed by atoms with Crippen molar-refractivity contribution in [1.82, 2.24) is 5.32 Å². The van der Waals surface area contributed by atoms with E-state index in [-0.39, 0.29) is 0 Å². The minimum absolute atomic E-state index is 0.493. The summed E-state index contributed by atoms with van der Waals surface area (Å²) in [6.45, 7) is 7.94. The molecule has 1 N–H and O–H groups in total. The van der Waals surface area contributed by atoms with Crippen LogP contribution in [-0.4, -0.2) is 17.5 Å². The molecule has 0 saturated heterocycles. The largest absolute Gasteiger partial charge is 0.309 e. The van der Waals surface area contributed by atoms with E-state index in [1.165, 1.54) is 43.4 Å². The van der Waals surface area contributed by atoms with Crippen molar-refractivity contribution in [2.45, 2.75) is 64.2 Å². The number of thioether (sulfide) groups is 1. The Kier molecular flexibility index (Phi) is 9.86. The molecule has 0 radical (unpaired) electrons. The van der Waals surface area contributed by atoms with E-state index < -0.39 is 0 Å². The van der Waals surface area contributed by atoms with Gasteiger partial charge in [-0.15, -0.1) is 0 Å². The van der Waals surface area contributed by atoms with Crippen LogP contribution in [0, 0.1) is 0 Å². The number of hydrogen-bond acceptors (Lipinski definition) is 2. The van der Waals surface area contributed by atoms with Gasteiger partial charge in [0.25, 0.3) is 0 Å². The van der Waals surface area contributed by atoms with E-state index in [0.717, 1.165) is 6.54 Å². The van der Waals surface area contributed by atoms with Crippen LogP contribution in [0.4, 0.5) is 0 Å². The van der Waals surface area contributed by atoms with E-state index in [1.54, 1.807) is 0 Å². The van der Waals surface area contributed by atoms with Crippen molar-refractivity contribution in [2.75, 3.05) is 12.3 Å². The Balaban J connectivity index is 2.63. The van der Waals surface area contributed by atoms with E-state index in [4.69, 9.17) is 0 Å². The summed E-state index contributed by atoms with van der Waals surface area (Å²) in [6.07, 6.45) is 6.45. The van der Waals surface area contributed by atoms with E-state index in [2.05, 4.69) is 68.2 Å². The van der Waals surface area contributed by atoms with Gasteiger partial charge in [-0.25, -0.2) is 0 Å². The van der Waals surface area contributed by atoms with Gasteiger partial charge in [0.05, 0.1) is 0 Å². The smallest absolute Gasteiger partial charge is 0.0440 e. The van der Waals surface area contributed by atoms with Gasteiger partial charge >= 0.3 is 0 Å². The van der Waals surface area contributed by atoms with E-state index >= 15 is 0 Å². The second kappa shape index (κ2) is 11.2. The third-order valence-electron chi connectivity index (χ3n) is 3.63. The predicted octanol–water partition coefficient (Wildman–Crippen LogP) is 5.43. The number of hydrogen-bond donors (Lipinski definition) is 1. The van der Waals surface area contributed by atoms with Crippen LogP contribution in [0.3, 0.4) is 0 Å². The summed E-state index contributed by atoms with van der Waals surface area (Å²) >= 11 is 2.15. The maximum Gasteiger partial charge on any atom is 0.0440 e. The zero-order valence-corrected chi connectivity index (χ0v) is 14.2. The van der Waals surface area contributed by atoms with Crippen molar-refractivity contribution < 1.29 is 0 Å². The summed E-state index contributed by atoms with van der Waals surface area (Å²) in [5.41, 5.74) is 1.44. The van der Waals surface area contributed by atoms with Crippen molar-refractivity contribution in [3.8, 4) is 0 Å². The van der Waals surface area contributed by atoms with Gasteiger partial charge < -0.3 is 5.32 Å². The lowest BCUT2D eigenvalue weighted by molar-refractivity contribution is 0.505. The topological polar surface area (TPSA) is 12.0 Å². The molecule has 0 heterocycles. The zero-order valence-electron chi connectivity index (χ0n) is 13.4. The van der Waals surface area contributed by atoms with Gasteiger partial charge in [0, 0.05) is 11.3 Å². The van der Waals surface area contributed by atoms with Gasteiger partial charge in [-0.05, 0) is 37.1 Å². The van der Waals surface area contributed by atoms with Crippen LogP contribution in [-0.2, 0) is 0 Å². The number of rotatable bonds is 11. The SMILES string of the molecule is CCCCCSC(CC)C(NCCC)c1ccccc1. The fourth-order valence-corrected chi connectivity index (χ4v) is 3.82. The summed E-state index contributed by atoms with van der Waals surface area (Å²) in [7, 11) is 0. The van der Waals surface area contributed by atoms with Crippen molar-refractivity contribution in [3.63, 3.8) is 0 Å². The first-order chi connectivity index (χ1) is 9.83. The lowest BCUT2D eigenvalue weighted by Gasteiger charge is -2.27. The van der Waals surface area contributed by atoms with Crippen molar-refractivity contribution in [2.24, 2.45) is 0 Å². The van der Waals surface area contributed by atoms with Crippen LogP contribution in [0.5, 0.6) is 0 Å². The molecule has 0 bridgehead atoms. The first kappa shape index (κ1) is 17.6. The molecule has 114 valence electrons. The highest BCUT2D eigenvalue weighted by atomic mass is 32.2. The molecule has 1 nitrogen and oxygen atoms in total.